The topological polar surface area (TPSA) is 68.1 Å². The Balaban J connectivity index is 2.32. The molecule has 0 fully saturated rings. The van der Waals surface area contributed by atoms with Crippen LogP contribution >= 0.6 is 0 Å². The summed E-state index contributed by atoms with van der Waals surface area (Å²) in [5.41, 5.74) is 0. The largest absolute Gasteiger partial charge is 0.354 e. The van der Waals surface area contributed by atoms with Crippen LogP contribution in [0.5, 0.6) is 0 Å². The van der Waals surface area contributed by atoms with Crippen molar-refractivity contribution in [1.82, 2.24) is 10.2 Å². The number of likely N-dealkylation sites (N-methyl/N-ethyl adjacent to an activating group) is 1. The Morgan fingerprint density at radius 3 is 2.92 bits per heavy atom. The maximum Gasteiger partial charge on any atom is 0.240 e. The van der Waals surface area contributed by atoms with Crippen molar-refractivity contribution in [3.63, 3.8) is 0 Å². The summed E-state index contributed by atoms with van der Waals surface area (Å²) in [4.78, 5) is 5.73. The van der Waals surface area contributed by atoms with E-state index in [0.29, 0.717) is 6.54 Å². The summed E-state index contributed by atoms with van der Waals surface area (Å²) >= 11 is 0. The summed E-state index contributed by atoms with van der Waals surface area (Å²) < 4.78 is 0. The maximum atomic E-state index is 9.32. The number of nitrogens with zero attached hydrogens (tertiary/aromatic N) is 2. The molecule has 1 heterocycles. The molecule has 5 nitrogen and oxygen atoms in total. The van der Waals surface area contributed by atoms with E-state index in [1.54, 1.807) is 11.2 Å². The monoisotopic (exact) mass is 173 g/mol. The molecule has 0 aromatic rings. The van der Waals surface area contributed by atoms with E-state index in [1.165, 1.54) is 0 Å². The van der Waals surface area contributed by atoms with E-state index in [2.05, 4.69) is 10.3 Å². The SMILES string of the molecule is CCNC(O)(O)CN1C=NCC1. The molecule has 70 valence electrons. The van der Waals surface area contributed by atoms with E-state index in [1.807, 2.05) is 6.92 Å². The fraction of sp³-hybridized carbons (Fsp3) is 0.857. The molecule has 1 rings (SSSR count). The van der Waals surface area contributed by atoms with E-state index >= 15 is 0 Å². The molecule has 0 saturated heterocycles. The average Bonchev–Trinajstić information content (AvgIpc) is 2.38. The van der Waals surface area contributed by atoms with Gasteiger partial charge in [0, 0.05) is 6.54 Å². The van der Waals surface area contributed by atoms with Crippen LogP contribution in [0.25, 0.3) is 0 Å². The Labute approximate surface area is 71.7 Å². The molecule has 0 aromatic carbocycles. The van der Waals surface area contributed by atoms with Crippen LogP contribution in [-0.2, 0) is 0 Å². The van der Waals surface area contributed by atoms with Crippen LogP contribution in [0.2, 0.25) is 0 Å². The summed E-state index contributed by atoms with van der Waals surface area (Å²) in [7, 11) is 0. The fourth-order valence-electron chi connectivity index (χ4n) is 1.16. The third-order valence-corrected chi connectivity index (χ3v) is 1.64. The molecule has 0 aliphatic carbocycles. The van der Waals surface area contributed by atoms with Crippen LogP contribution in [0.3, 0.4) is 0 Å². The Bertz CT molecular complexity index is 170. The van der Waals surface area contributed by atoms with E-state index in [9.17, 15) is 10.2 Å². The Kier molecular flexibility index (Phi) is 3.02. The predicted molar refractivity (Wildman–Crippen MR) is 45.8 cm³/mol. The van der Waals surface area contributed by atoms with Crippen LogP contribution in [-0.4, -0.2) is 53.5 Å². The normalized spacial score (nSPS) is 17.4. The van der Waals surface area contributed by atoms with Gasteiger partial charge in [-0.25, -0.2) is 0 Å². The Morgan fingerprint density at radius 2 is 2.42 bits per heavy atom. The van der Waals surface area contributed by atoms with Crippen molar-refractivity contribution >= 4 is 6.34 Å². The molecule has 1 aliphatic rings. The second kappa shape index (κ2) is 3.84. The molecule has 5 heteroatoms. The molecule has 0 unspecified atom stereocenters. The summed E-state index contributed by atoms with van der Waals surface area (Å²) in [5, 5.41) is 21.2. The van der Waals surface area contributed by atoms with Crippen molar-refractivity contribution in [1.29, 1.82) is 0 Å². The van der Waals surface area contributed by atoms with Gasteiger partial charge in [0.2, 0.25) is 5.91 Å². The molecule has 0 atom stereocenters. The first-order valence-electron chi connectivity index (χ1n) is 4.08. The van der Waals surface area contributed by atoms with E-state index in [4.69, 9.17) is 0 Å². The number of β-amino-alcohol motifs (C(OH)–C–C–N with tert-alkyl or cyclic N) is 2. The first kappa shape index (κ1) is 9.44. The first-order chi connectivity index (χ1) is 5.64. The molecule has 0 saturated carbocycles. The number of rotatable bonds is 4. The van der Waals surface area contributed by atoms with Crippen molar-refractivity contribution < 1.29 is 10.2 Å². The van der Waals surface area contributed by atoms with Crippen LogP contribution < -0.4 is 5.32 Å². The van der Waals surface area contributed by atoms with Crippen molar-refractivity contribution in [3.05, 3.63) is 0 Å². The van der Waals surface area contributed by atoms with Gasteiger partial charge in [-0.3, -0.25) is 10.3 Å². The van der Waals surface area contributed by atoms with Crippen molar-refractivity contribution in [3.8, 4) is 0 Å². The number of hydrogen-bond acceptors (Lipinski definition) is 5. The third-order valence-electron chi connectivity index (χ3n) is 1.64. The van der Waals surface area contributed by atoms with Gasteiger partial charge in [0.25, 0.3) is 0 Å². The van der Waals surface area contributed by atoms with Crippen LogP contribution in [0.1, 0.15) is 6.92 Å². The maximum absolute atomic E-state index is 9.32. The van der Waals surface area contributed by atoms with E-state index < -0.39 is 5.91 Å². The third kappa shape index (κ3) is 2.77. The summed E-state index contributed by atoms with van der Waals surface area (Å²) in [6.07, 6.45) is 1.64. The lowest BCUT2D eigenvalue weighted by molar-refractivity contribution is -0.189. The minimum absolute atomic E-state index is 0.157. The zero-order valence-corrected chi connectivity index (χ0v) is 7.19. The van der Waals surface area contributed by atoms with Gasteiger partial charge in [0.1, 0.15) is 0 Å². The average molecular weight is 173 g/mol. The van der Waals surface area contributed by atoms with Crippen molar-refractivity contribution in [2.24, 2.45) is 4.99 Å². The van der Waals surface area contributed by atoms with Gasteiger partial charge in [-0.2, -0.15) is 0 Å². The number of aliphatic imine (C=N–C) groups is 1. The molecule has 0 spiro atoms. The molecule has 12 heavy (non-hydrogen) atoms. The van der Waals surface area contributed by atoms with Gasteiger partial charge in [0.05, 0.1) is 19.4 Å². The van der Waals surface area contributed by atoms with Gasteiger partial charge < -0.3 is 15.1 Å². The predicted octanol–water partition coefficient (Wildman–Crippen LogP) is -1.42. The van der Waals surface area contributed by atoms with Crippen LogP contribution in [0, 0.1) is 0 Å². The minimum atomic E-state index is -1.80. The van der Waals surface area contributed by atoms with Gasteiger partial charge in [0.15, 0.2) is 0 Å². The molecule has 0 amide bonds. The highest BCUT2D eigenvalue weighted by Gasteiger charge is 2.24. The zero-order valence-electron chi connectivity index (χ0n) is 7.19. The lowest BCUT2D eigenvalue weighted by Crippen LogP contribution is -2.53. The fourth-order valence-corrected chi connectivity index (χ4v) is 1.16. The van der Waals surface area contributed by atoms with Gasteiger partial charge >= 0.3 is 0 Å². The molecule has 3 N–H and O–H groups in total. The number of nitrogens with one attached hydrogen (secondary N) is 1. The highest BCUT2D eigenvalue weighted by atomic mass is 16.5. The van der Waals surface area contributed by atoms with Crippen molar-refractivity contribution in [2.45, 2.75) is 12.8 Å². The van der Waals surface area contributed by atoms with Crippen LogP contribution in [0.15, 0.2) is 4.99 Å². The Morgan fingerprint density at radius 1 is 1.67 bits per heavy atom. The second-order valence-corrected chi connectivity index (χ2v) is 2.84. The molecule has 0 aromatic heterocycles. The molecule has 0 radical (unpaired) electrons. The van der Waals surface area contributed by atoms with Crippen molar-refractivity contribution in [2.75, 3.05) is 26.2 Å². The van der Waals surface area contributed by atoms with Gasteiger partial charge in [-0.1, -0.05) is 6.92 Å². The molecular weight excluding hydrogens is 158 g/mol. The quantitative estimate of drug-likeness (QED) is 0.456. The molecule has 1 aliphatic heterocycles. The van der Waals surface area contributed by atoms with Crippen LogP contribution in [0.4, 0.5) is 0 Å². The van der Waals surface area contributed by atoms with E-state index in [-0.39, 0.29) is 6.54 Å². The standard InChI is InChI=1S/C7H15N3O2/c1-2-9-7(11,12)5-10-4-3-8-6-10/h6,9,11-12H,2-5H2,1H3. The zero-order chi connectivity index (χ0) is 9.03. The molecule has 0 bridgehead atoms. The molecular formula is C7H15N3O2. The second-order valence-electron chi connectivity index (χ2n) is 2.84. The van der Waals surface area contributed by atoms with Gasteiger partial charge in [-0.15, -0.1) is 0 Å². The summed E-state index contributed by atoms with van der Waals surface area (Å²) in [5.74, 6) is -1.80. The van der Waals surface area contributed by atoms with E-state index in [0.717, 1.165) is 13.1 Å². The highest BCUT2D eigenvalue weighted by Crippen LogP contribution is 2.00. The summed E-state index contributed by atoms with van der Waals surface area (Å²) in [6, 6.07) is 0. The summed E-state index contributed by atoms with van der Waals surface area (Å²) in [6.45, 7) is 4.00. The first-order valence-corrected chi connectivity index (χ1v) is 4.08. The Hall–Kier alpha value is -0.650. The lowest BCUT2D eigenvalue weighted by atomic mass is 10.4. The number of hydrogen-bond donors (Lipinski definition) is 3. The number of aliphatic hydroxyl groups is 2. The smallest absolute Gasteiger partial charge is 0.240 e. The minimum Gasteiger partial charge on any atom is -0.354 e. The highest BCUT2D eigenvalue weighted by molar-refractivity contribution is 5.57. The van der Waals surface area contributed by atoms with Gasteiger partial charge in [-0.05, 0) is 6.54 Å². The lowest BCUT2D eigenvalue weighted by Gasteiger charge is -2.26.